The minimum atomic E-state index is -1.28. The highest BCUT2D eigenvalue weighted by molar-refractivity contribution is 6.24. The smallest absolute Gasteiger partial charge is 0.408 e. The van der Waals surface area contributed by atoms with E-state index in [4.69, 9.17) is 9.57 Å². The monoisotopic (exact) mass is 721 g/mol. The maximum Gasteiger partial charge on any atom is 0.408 e. The summed E-state index contributed by atoms with van der Waals surface area (Å²) in [6, 6.07) is 14.0. The van der Waals surface area contributed by atoms with Crippen LogP contribution in [0.2, 0.25) is 0 Å². The molecule has 3 aromatic rings. The van der Waals surface area contributed by atoms with Gasteiger partial charge >= 0.3 is 6.09 Å². The Hall–Kier alpha value is -5.60. The highest BCUT2D eigenvalue weighted by Crippen LogP contribution is 2.46. The average Bonchev–Trinajstić information content (AvgIpc) is 3.75. The lowest BCUT2D eigenvalue weighted by Crippen LogP contribution is -2.57. The van der Waals surface area contributed by atoms with Gasteiger partial charge in [0.2, 0.25) is 11.8 Å². The second-order valence-electron chi connectivity index (χ2n) is 14.5. The third-order valence-corrected chi connectivity index (χ3v) is 11.0. The van der Waals surface area contributed by atoms with Gasteiger partial charge < -0.3 is 25.1 Å². The van der Waals surface area contributed by atoms with Gasteiger partial charge in [0.25, 0.3) is 11.9 Å². The van der Waals surface area contributed by atoms with E-state index in [1.54, 1.807) is 0 Å². The lowest BCUT2D eigenvalue weighted by Gasteiger charge is -2.29. The van der Waals surface area contributed by atoms with E-state index < -0.39 is 47.5 Å². The number of ether oxygens (including phenoxy) is 1. The molecular weight excluding hydrogens is 678 g/mol. The number of H-pyrrole nitrogens is 1. The number of amides is 4. The number of aromatic amines is 1. The number of nitrogens with one attached hydrogen (secondary N) is 4. The lowest BCUT2D eigenvalue weighted by atomic mass is 10.0. The minimum absolute atomic E-state index is 0.0112. The van der Waals surface area contributed by atoms with Crippen molar-refractivity contribution < 1.29 is 28.8 Å². The maximum atomic E-state index is 14.5. The van der Waals surface area contributed by atoms with Crippen molar-refractivity contribution >= 4 is 35.5 Å². The quantitative estimate of drug-likeness (QED) is 0.168. The molecule has 2 aromatic carbocycles. The molecule has 276 valence electrons. The van der Waals surface area contributed by atoms with Crippen LogP contribution in [0.15, 0.2) is 65.8 Å². The fourth-order valence-electron chi connectivity index (χ4n) is 8.14. The zero-order valence-electron chi connectivity index (χ0n) is 29.3. The molecule has 3 aliphatic carbocycles. The number of allylic oxidation sites excluding steroid dienone is 1. The van der Waals surface area contributed by atoms with Crippen molar-refractivity contribution in [3.63, 3.8) is 0 Å². The highest BCUT2D eigenvalue weighted by atomic mass is 16.6. The number of oxime groups is 1. The van der Waals surface area contributed by atoms with Crippen LogP contribution in [-0.2, 0) is 24.0 Å². The maximum absolute atomic E-state index is 14.5. The van der Waals surface area contributed by atoms with E-state index in [0.717, 1.165) is 67.2 Å². The van der Waals surface area contributed by atoms with E-state index >= 15 is 0 Å². The number of carbonyl (C=O) groups excluding carboxylic acids is 4. The second-order valence-corrected chi connectivity index (χ2v) is 14.5. The van der Waals surface area contributed by atoms with Crippen LogP contribution in [0.5, 0.6) is 0 Å². The molecule has 15 nitrogen and oxygen atoms in total. The predicted molar refractivity (Wildman–Crippen MR) is 192 cm³/mol. The molecule has 1 saturated heterocycles. The standard InChI is InChI=1S/C38H43N9O6/c48-33-31-20-25(53-44-32-28-17-10-8-15-26(28)27-16-9-11-18-29(27)32)22-47(31)34(49)30(39-37(51)52-24-13-6-7-14-24)19-5-3-1-2-4-12-23-21-38(23,41-33)35(50)40-36-42-45-46-43-36/h4,8-12,15-18,23-25,30-31H,1-3,5-7,13-14,19-22H2,(H,39,51)(H,41,48)(H2,40,42,43,45,46,50)/b12-4-/t23-,25-,30+,31+,38+/m1/s1. The SMILES string of the molecule is O=C(N[C@H]1CCCCC/C=C\[C@@H]2C[C@]2(C(=O)Nc2nn[nH]n2)NC(=O)[C@@H]2C[C@@H](ON=C3c4ccccc4-c4ccccc43)CN2C1=O)OC1CCCC1. The molecule has 5 aliphatic rings. The zero-order chi connectivity index (χ0) is 36.4. The molecule has 0 unspecified atom stereocenters. The number of aromatic nitrogens is 4. The summed E-state index contributed by atoms with van der Waals surface area (Å²) in [5.74, 6) is -1.67. The van der Waals surface area contributed by atoms with E-state index in [2.05, 4.69) is 41.7 Å². The van der Waals surface area contributed by atoms with E-state index in [0.29, 0.717) is 25.0 Å². The van der Waals surface area contributed by atoms with Crippen LogP contribution in [-0.4, -0.2) is 91.4 Å². The van der Waals surface area contributed by atoms with Gasteiger partial charge in [-0.25, -0.2) is 4.79 Å². The van der Waals surface area contributed by atoms with Crippen molar-refractivity contribution in [2.24, 2.45) is 11.1 Å². The summed E-state index contributed by atoms with van der Waals surface area (Å²) in [7, 11) is 0. The number of fused-ring (bicyclic) bond motifs is 5. The molecule has 0 bridgehead atoms. The van der Waals surface area contributed by atoms with E-state index in [1.165, 1.54) is 4.90 Å². The van der Waals surface area contributed by atoms with Crippen LogP contribution >= 0.6 is 0 Å². The molecule has 4 N–H and O–H groups in total. The van der Waals surface area contributed by atoms with Gasteiger partial charge in [-0.05, 0) is 67.7 Å². The Kier molecular flexibility index (Phi) is 9.63. The summed E-state index contributed by atoms with van der Waals surface area (Å²) in [5, 5.41) is 26.6. The van der Waals surface area contributed by atoms with Crippen molar-refractivity contribution in [3.05, 3.63) is 71.8 Å². The third-order valence-electron chi connectivity index (χ3n) is 11.0. The number of nitrogens with zero attached hydrogens (tertiary/aromatic N) is 5. The van der Waals surface area contributed by atoms with Crippen molar-refractivity contribution in [1.29, 1.82) is 0 Å². The van der Waals surface area contributed by atoms with Crippen LogP contribution in [0, 0.1) is 5.92 Å². The van der Waals surface area contributed by atoms with Crippen LogP contribution in [0.3, 0.4) is 0 Å². The van der Waals surface area contributed by atoms with Gasteiger partial charge in [-0.15, -0.1) is 5.10 Å². The van der Waals surface area contributed by atoms with E-state index in [9.17, 15) is 19.2 Å². The summed E-state index contributed by atoms with van der Waals surface area (Å²) in [4.78, 5) is 63.3. The first-order valence-electron chi connectivity index (χ1n) is 18.6. The Labute approximate surface area is 306 Å². The van der Waals surface area contributed by atoms with Crippen molar-refractivity contribution in [3.8, 4) is 11.1 Å². The number of hydrogen-bond donors (Lipinski definition) is 4. The molecule has 0 radical (unpaired) electrons. The van der Waals surface area contributed by atoms with Gasteiger partial charge in [-0.1, -0.05) is 83.8 Å². The first-order chi connectivity index (χ1) is 25.9. The summed E-state index contributed by atoms with van der Waals surface area (Å²) in [5.41, 5.74) is 3.37. The molecular formula is C38H43N9O6. The van der Waals surface area contributed by atoms with Crippen LogP contribution < -0.4 is 16.0 Å². The largest absolute Gasteiger partial charge is 0.446 e. The number of carbonyl (C=O) groups is 4. The first-order valence-corrected chi connectivity index (χ1v) is 18.6. The number of anilines is 1. The zero-order valence-corrected chi connectivity index (χ0v) is 29.3. The van der Waals surface area contributed by atoms with Crippen LogP contribution in [0.1, 0.15) is 81.8 Å². The summed E-state index contributed by atoms with van der Waals surface area (Å²) >= 11 is 0. The Morgan fingerprint density at radius 2 is 1.62 bits per heavy atom. The third kappa shape index (κ3) is 7.11. The first kappa shape index (κ1) is 34.5. The molecule has 15 heteroatoms. The second kappa shape index (κ2) is 14.8. The lowest BCUT2D eigenvalue weighted by molar-refractivity contribution is -0.141. The molecule has 0 spiro atoms. The molecule has 5 atom stereocenters. The fraction of sp³-hybridized carbons (Fsp3) is 0.474. The molecule has 1 aromatic heterocycles. The number of tetrazole rings is 1. The topological polar surface area (TPSA) is 193 Å². The van der Waals surface area contributed by atoms with Gasteiger partial charge in [-0.3, -0.25) is 19.7 Å². The van der Waals surface area contributed by atoms with Gasteiger partial charge in [0, 0.05) is 23.5 Å². The number of benzene rings is 2. The molecule has 2 saturated carbocycles. The number of rotatable bonds is 6. The average molecular weight is 722 g/mol. The van der Waals surface area contributed by atoms with Gasteiger partial charge in [0.1, 0.15) is 35.5 Å². The number of hydrogen-bond acceptors (Lipinski definition) is 10. The molecule has 2 aliphatic heterocycles. The predicted octanol–water partition coefficient (Wildman–Crippen LogP) is 3.99. The van der Waals surface area contributed by atoms with E-state index in [-0.39, 0.29) is 30.9 Å². The Morgan fingerprint density at radius 1 is 0.906 bits per heavy atom. The molecule has 3 fully saturated rings. The van der Waals surface area contributed by atoms with Crippen LogP contribution in [0.25, 0.3) is 11.1 Å². The fourth-order valence-corrected chi connectivity index (χ4v) is 8.14. The molecule has 4 amide bonds. The Balaban J connectivity index is 1.07. The molecule has 3 heterocycles. The van der Waals surface area contributed by atoms with Crippen LogP contribution in [0.4, 0.5) is 10.7 Å². The van der Waals surface area contributed by atoms with E-state index in [1.807, 2.05) is 60.7 Å². The normalized spacial score (nSPS) is 27.5. The molecule has 8 rings (SSSR count). The summed E-state index contributed by atoms with van der Waals surface area (Å²) in [6.07, 6.45) is 10.2. The molecule has 53 heavy (non-hydrogen) atoms. The van der Waals surface area contributed by atoms with Gasteiger partial charge in [0.15, 0.2) is 0 Å². The summed E-state index contributed by atoms with van der Waals surface area (Å²) < 4.78 is 5.68. The highest BCUT2D eigenvalue weighted by Gasteiger charge is 2.61. The van der Waals surface area contributed by atoms with Crippen molar-refractivity contribution in [2.45, 2.75) is 100 Å². The Bertz CT molecular complexity index is 1880. The Morgan fingerprint density at radius 3 is 2.34 bits per heavy atom. The minimum Gasteiger partial charge on any atom is -0.446 e. The van der Waals surface area contributed by atoms with Gasteiger partial charge in [0.05, 0.1) is 6.54 Å². The number of alkyl carbamates (subject to hydrolysis) is 1. The van der Waals surface area contributed by atoms with Crippen molar-refractivity contribution in [2.75, 3.05) is 11.9 Å². The summed E-state index contributed by atoms with van der Waals surface area (Å²) in [6.45, 7) is 0.0538. The van der Waals surface area contributed by atoms with Gasteiger partial charge in [-0.2, -0.15) is 5.21 Å². The van der Waals surface area contributed by atoms with Crippen molar-refractivity contribution in [1.82, 2.24) is 36.2 Å².